The second-order valence-electron chi connectivity index (χ2n) is 6.40. The Labute approximate surface area is 166 Å². The molecule has 0 unspecified atom stereocenters. The Hall–Kier alpha value is -2.44. The van der Waals surface area contributed by atoms with Gasteiger partial charge in [0.1, 0.15) is 11.5 Å². The standard InChI is InChI=1S/C19H18Cl2N2O4/c20-12-1-2-16(17(21)9-12)19(27)23-5-3-13(4-6-23)22-18(26)11-7-14(24)10-15(25)8-11/h1-2,7-10,13,24-25H,3-6H2,(H,22,26). The maximum Gasteiger partial charge on any atom is 0.255 e. The largest absolute Gasteiger partial charge is 0.508 e. The van der Waals surface area contributed by atoms with Crippen molar-refractivity contribution in [3.8, 4) is 11.5 Å². The first-order valence-corrected chi connectivity index (χ1v) is 9.17. The first-order chi connectivity index (χ1) is 12.8. The van der Waals surface area contributed by atoms with Gasteiger partial charge in [0.25, 0.3) is 11.8 Å². The zero-order valence-corrected chi connectivity index (χ0v) is 15.8. The molecule has 2 aromatic rings. The molecule has 8 heteroatoms. The van der Waals surface area contributed by atoms with Crippen molar-refractivity contribution in [3.05, 3.63) is 57.6 Å². The van der Waals surface area contributed by atoms with Gasteiger partial charge in [-0.05, 0) is 43.2 Å². The second-order valence-corrected chi connectivity index (χ2v) is 7.25. The van der Waals surface area contributed by atoms with Gasteiger partial charge in [-0.2, -0.15) is 0 Å². The number of phenolic OH excluding ortho intramolecular Hbond substituents is 2. The van der Waals surface area contributed by atoms with Crippen molar-refractivity contribution in [2.45, 2.75) is 18.9 Å². The van der Waals surface area contributed by atoms with E-state index >= 15 is 0 Å². The number of carbonyl (C=O) groups excluding carboxylic acids is 2. The van der Waals surface area contributed by atoms with E-state index in [9.17, 15) is 19.8 Å². The minimum absolute atomic E-state index is 0.105. The molecule has 0 saturated carbocycles. The maximum atomic E-state index is 12.6. The molecule has 3 rings (SSSR count). The number of phenols is 2. The van der Waals surface area contributed by atoms with E-state index in [4.69, 9.17) is 23.2 Å². The van der Waals surface area contributed by atoms with Crippen LogP contribution in [0.2, 0.25) is 10.0 Å². The molecule has 0 radical (unpaired) electrons. The van der Waals surface area contributed by atoms with Gasteiger partial charge in [0.05, 0.1) is 10.6 Å². The summed E-state index contributed by atoms with van der Waals surface area (Å²) in [6, 6.07) is 8.39. The predicted molar refractivity (Wildman–Crippen MR) is 103 cm³/mol. The van der Waals surface area contributed by atoms with E-state index in [0.29, 0.717) is 41.5 Å². The van der Waals surface area contributed by atoms with Crippen molar-refractivity contribution in [1.82, 2.24) is 10.2 Å². The van der Waals surface area contributed by atoms with E-state index in [0.717, 1.165) is 6.07 Å². The van der Waals surface area contributed by atoms with Crippen molar-refractivity contribution in [3.63, 3.8) is 0 Å². The molecule has 0 aromatic heterocycles. The van der Waals surface area contributed by atoms with Gasteiger partial charge in [0, 0.05) is 35.8 Å². The Morgan fingerprint density at radius 3 is 2.22 bits per heavy atom. The summed E-state index contributed by atoms with van der Waals surface area (Å²) < 4.78 is 0. The number of likely N-dealkylation sites (tertiary alicyclic amines) is 1. The van der Waals surface area contributed by atoms with Crippen molar-refractivity contribution >= 4 is 35.0 Å². The summed E-state index contributed by atoms with van der Waals surface area (Å²) in [6.45, 7) is 0.960. The van der Waals surface area contributed by atoms with Crippen LogP contribution in [0.4, 0.5) is 0 Å². The molecule has 2 amide bonds. The lowest BCUT2D eigenvalue weighted by Gasteiger charge is -2.32. The number of benzene rings is 2. The molecule has 3 N–H and O–H groups in total. The molecule has 1 heterocycles. The molecule has 6 nitrogen and oxygen atoms in total. The molecule has 0 atom stereocenters. The van der Waals surface area contributed by atoms with Crippen LogP contribution < -0.4 is 5.32 Å². The zero-order valence-electron chi connectivity index (χ0n) is 14.3. The number of amides is 2. The van der Waals surface area contributed by atoms with Gasteiger partial charge < -0.3 is 20.4 Å². The Balaban J connectivity index is 1.58. The number of halogens is 2. The fraction of sp³-hybridized carbons (Fsp3) is 0.263. The average Bonchev–Trinajstić information content (AvgIpc) is 2.61. The van der Waals surface area contributed by atoms with Gasteiger partial charge in [-0.1, -0.05) is 23.2 Å². The third kappa shape index (κ3) is 4.64. The van der Waals surface area contributed by atoms with Crippen LogP contribution in [0, 0.1) is 0 Å². The summed E-state index contributed by atoms with van der Waals surface area (Å²) in [5, 5.41) is 22.6. The van der Waals surface area contributed by atoms with Crippen LogP contribution in [-0.4, -0.2) is 46.1 Å². The van der Waals surface area contributed by atoms with E-state index in [2.05, 4.69) is 5.32 Å². The highest BCUT2D eigenvalue weighted by Crippen LogP contribution is 2.24. The summed E-state index contributed by atoms with van der Waals surface area (Å²) in [4.78, 5) is 26.6. The summed E-state index contributed by atoms with van der Waals surface area (Å²) in [5.41, 5.74) is 0.581. The first-order valence-electron chi connectivity index (χ1n) is 8.41. The minimum atomic E-state index is -0.383. The first kappa shape index (κ1) is 19.3. The summed E-state index contributed by atoms with van der Waals surface area (Å²) in [7, 11) is 0. The minimum Gasteiger partial charge on any atom is -0.508 e. The Bertz CT molecular complexity index is 860. The molecule has 1 fully saturated rings. The van der Waals surface area contributed by atoms with Crippen molar-refractivity contribution in [1.29, 1.82) is 0 Å². The molecule has 1 aliphatic rings. The quantitative estimate of drug-likeness (QED) is 0.725. The summed E-state index contributed by atoms with van der Waals surface area (Å²) in [5.74, 6) is -0.910. The van der Waals surface area contributed by atoms with E-state index in [-0.39, 0.29) is 34.9 Å². The highest BCUT2D eigenvalue weighted by atomic mass is 35.5. The number of nitrogens with zero attached hydrogens (tertiary/aromatic N) is 1. The molecule has 1 aliphatic heterocycles. The number of piperidine rings is 1. The van der Waals surface area contributed by atoms with Crippen molar-refractivity contribution in [2.24, 2.45) is 0 Å². The third-order valence-electron chi connectivity index (χ3n) is 4.44. The van der Waals surface area contributed by atoms with Gasteiger partial charge in [0.15, 0.2) is 0 Å². The van der Waals surface area contributed by atoms with Crippen LogP contribution in [0.1, 0.15) is 33.6 Å². The molecule has 27 heavy (non-hydrogen) atoms. The molecular formula is C19H18Cl2N2O4. The number of hydrogen-bond acceptors (Lipinski definition) is 4. The van der Waals surface area contributed by atoms with E-state index in [1.807, 2.05) is 0 Å². The van der Waals surface area contributed by atoms with Crippen LogP contribution in [0.5, 0.6) is 11.5 Å². The topological polar surface area (TPSA) is 89.9 Å². The lowest BCUT2D eigenvalue weighted by molar-refractivity contribution is 0.0698. The lowest BCUT2D eigenvalue weighted by atomic mass is 10.0. The normalized spacial score (nSPS) is 14.8. The Morgan fingerprint density at radius 1 is 1.00 bits per heavy atom. The fourth-order valence-electron chi connectivity index (χ4n) is 3.06. The van der Waals surface area contributed by atoms with E-state index in [1.54, 1.807) is 17.0 Å². The molecule has 0 spiro atoms. The number of hydrogen-bond donors (Lipinski definition) is 3. The van der Waals surface area contributed by atoms with E-state index in [1.165, 1.54) is 18.2 Å². The van der Waals surface area contributed by atoms with Gasteiger partial charge in [-0.25, -0.2) is 0 Å². The zero-order chi connectivity index (χ0) is 19.6. The molecule has 142 valence electrons. The number of nitrogens with one attached hydrogen (secondary N) is 1. The Morgan fingerprint density at radius 2 is 1.63 bits per heavy atom. The molecule has 1 saturated heterocycles. The van der Waals surface area contributed by atoms with Gasteiger partial charge in [-0.15, -0.1) is 0 Å². The predicted octanol–water partition coefficient (Wildman–Crippen LogP) is 3.44. The van der Waals surface area contributed by atoms with Crippen LogP contribution in [0.3, 0.4) is 0 Å². The number of aromatic hydroxyl groups is 2. The van der Waals surface area contributed by atoms with Crippen LogP contribution >= 0.6 is 23.2 Å². The number of rotatable bonds is 3. The molecule has 2 aromatic carbocycles. The number of carbonyl (C=O) groups is 2. The molecule has 0 bridgehead atoms. The lowest BCUT2D eigenvalue weighted by Crippen LogP contribution is -2.46. The fourth-order valence-corrected chi connectivity index (χ4v) is 3.54. The third-order valence-corrected chi connectivity index (χ3v) is 4.99. The van der Waals surface area contributed by atoms with Crippen molar-refractivity contribution in [2.75, 3.05) is 13.1 Å². The van der Waals surface area contributed by atoms with Crippen LogP contribution in [0.15, 0.2) is 36.4 Å². The highest BCUT2D eigenvalue weighted by Gasteiger charge is 2.26. The smallest absolute Gasteiger partial charge is 0.255 e. The second kappa shape index (κ2) is 8.06. The van der Waals surface area contributed by atoms with Crippen LogP contribution in [-0.2, 0) is 0 Å². The van der Waals surface area contributed by atoms with Gasteiger partial charge >= 0.3 is 0 Å². The average molecular weight is 409 g/mol. The van der Waals surface area contributed by atoms with Gasteiger partial charge in [-0.3, -0.25) is 9.59 Å². The monoisotopic (exact) mass is 408 g/mol. The Kier molecular flexibility index (Phi) is 5.77. The molecule has 0 aliphatic carbocycles. The molecular weight excluding hydrogens is 391 g/mol. The SMILES string of the molecule is O=C(NC1CCN(C(=O)c2ccc(Cl)cc2Cl)CC1)c1cc(O)cc(O)c1. The summed E-state index contributed by atoms with van der Waals surface area (Å²) in [6.07, 6.45) is 1.18. The maximum absolute atomic E-state index is 12.6. The highest BCUT2D eigenvalue weighted by molar-refractivity contribution is 6.36. The van der Waals surface area contributed by atoms with Crippen LogP contribution in [0.25, 0.3) is 0 Å². The van der Waals surface area contributed by atoms with Gasteiger partial charge in [0.2, 0.25) is 0 Å². The van der Waals surface area contributed by atoms with Crippen molar-refractivity contribution < 1.29 is 19.8 Å². The summed E-state index contributed by atoms with van der Waals surface area (Å²) >= 11 is 12.0. The van der Waals surface area contributed by atoms with E-state index < -0.39 is 0 Å².